The van der Waals surface area contributed by atoms with Crippen molar-refractivity contribution in [3.8, 4) is 28.1 Å². The van der Waals surface area contributed by atoms with Gasteiger partial charge in [0, 0.05) is 23.5 Å². The maximum absolute atomic E-state index is 15.2. The van der Waals surface area contributed by atoms with E-state index in [2.05, 4.69) is 35.8 Å². The standard InChI is InChI=1S/C23H18ClF3N10/c24-16-4-6-19(36-12-29-33-34-36)21(22(16)25)14-3-5-17(28-8-14)20(7-13-1-2-13)35-11-15(9-30-35)18-10-31-37(32-18)23(26)27/h3-6,8-13,20,23H,1-2,7H2/p+1/t20-/m1/s1. The number of pyridine rings is 1. The van der Waals surface area contributed by atoms with Crippen LogP contribution in [0.15, 0.2) is 55.4 Å². The van der Waals surface area contributed by atoms with Gasteiger partial charge < -0.3 is 0 Å². The first-order valence-corrected chi connectivity index (χ1v) is 11.8. The molecule has 1 aromatic carbocycles. The van der Waals surface area contributed by atoms with Crippen molar-refractivity contribution in [2.45, 2.75) is 31.9 Å². The molecule has 1 aliphatic rings. The fraction of sp³-hybridized carbons (Fsp3) is 0.261. The normalized spacial score (nSPS) is 14.4. The molecule has 1 atom stereocenters. The van der Waals surface area contributed by atoms with Crippen LogP contribution in [-0.4, -0.2) is 45.3 Å². The molecule has 10 nitrogen and oxygen atoms in total. The number of hydrogen-bond donors (Lipinski definition) is 1. The third kappa shape index (κ3) is 4.57. The highest BCUT2D eigenvalue weighted by Crippen LogP contribution is 2.39. The van der Waals surface area contributed by atoms with Gasteiger partial charge in [0.1, 0.15) is 16.5 Å². The zero-order chi connectivity index (χ0) is 25.5. The van der Waals surface area contributed by atoms with Crippen LogP contribution >= 0.6 is 11.6 Å². The van der Waals surface area contributed by atoms with Crippen LogP contribution in [0.2, 0.25) is 5.02 Å². The Hall–Kier alpha value is -4.13. The molecular weight excluding hydrogens is 509 g/mol. The summed E-state index contributed by atoms with van der Waals surface area (Å²) in [5.74, 6) is -0.0426. The van der Waals surface area contributed by atoms with E-state index in [-0.39, 0.29) is 16.6 Å². The highest BCUT2D eigenvalue weighted by atomic mass is 35.5. The molecule has 1 saturated carbocycles. The first-order chi connectivity index (χ1) is 18.0. The molecule has 4 heterocycles. The van der Waals surface area contributed by atoms with Gasteiger partial charge in [0.25, 0.3) is 6.33 Å². The van der Waals surface area contributed by atoms with Gasteiger partial charge in [-0.25, -0.2) is 4.39 Å². The fourth-order valence-corrected chi connectivity index (χ4v) is 4.39. The quantitative estimate of drug-likeness (QED) is 0.303. The topological polar surface area (TPSA) is 107 Å². The third-order valence-corrected chi connectivity index (χ3v) is 6.57. The second-order valence-electron chi connectivity index (χ2n) is 8.76. The van der Waals surface area contributed by atoms with E-state index in [0.717, 1.165) is 25.0 Å². The summed E-state index contributed by atoms with van der Waals surface area (Å²) < 4.78 is 44.2. The van der Waals surface area contributed by atoms with Crippen LogP contribution in [-0.2, 0) is 0 Å². The van der Waals surface area contributed by atoms with Gasteiger partial charge in [0.05, 0.1) is 34.7 Å². The number of tetrazole rings is 1. The molecular formula is C23H19ClF3N10+. The van der Waals surface area contributed by atoms with Crippen molar-refractivity contribution in [2.24, 2.45) is 5.92 Å². The van der Waals surface area contributed by atoms with Crippen LogP contribution < -0.4 is 4.68 Å². The van der Waals surface area contributed by atoms with Crippen molar-refractivity contribution < 1.29 is 17.9 Å². The average Bonchev–Trinajstić information content (AvgIpc) is 3.32. The van der Waals surface area contributed by atoms with Crippen molar-refractivity contribution in [1.29, 1.82) is 0 Å². The SMILES string of the molecule is Fc1c(Cl)ccc(-[n+]2cnn[nH]2)c1-c1ccc([C@@H](CC2CC2)n2cc(-c3cnn(C(F)F)n3)cn2)nc1. The smallest absolute Gasteiger partial charge is 0.263 e. The van der Waals surface area contributed by atoms with Crippen molar-refractivity contribution in [2.75, 3.05) is 0 Å². The van der Waals surface area contributed by atoms with E-state index in [1.54, 1.807) is 35.4 Å². The molecule has 0 bridgehead atoms. The molecule has 1 N–H and O–H groups in total. The summed E-state index contributed by atoms with van der Waals surface area (Å²) in [6.07, 6.45) is 10.7. The molecule has 4 aromatic heterocycles. The van der Waals surface area contributed by atoms with Crippen LogP contribution in [0.25, 0.3) is 28.1 Å². The molecule has 6 rings (SSSR count). The number of halogens is 4. The zero-order valence-corrected chi connectivity index (χ0v) is 19.8. The molecule has 37 heavy (non-hydrogen) atoms. The lowest BCUT2D eigenvalue weighted by atomic mass is 10.0. The maximum atomic E-state index is 15.2. The van der Waals surface area contributed by atoms with Crippen LogP contribution in [0.3, 0.4) is 0 Å². The van der Waals surface area contributed by atoms with Crippen molar-refractivity contribution in [1.82, 2.24) is 45.3 Å². The van der Waals surface area contributed by atoms with Crippen LogP contribution in [0.5, 0.6) is 0 Å². The van der Waals surface area contributed by atoms with E-state index in [1.807, 2.05) is 6.07 Å². The van der Waals surface area contributed by atoms with E-state index >= 15 is 4.39 Å². The van der Waals surface area contributed by atoms with Crippen LogP contribution in [0.4, 0.5) is 13.2 Å². The average molecular weight is 528 g/mol. The van der Waals surface area contributed by atoms with Gasteiger partial charge in [-0.15, -0.1) is 14.6 Å². The van der Waals surface area contributed by atoms with Crippen LogP contribution in [0, 0.1) is 11.7 Å². The second kappa shape index (κ2) is 9.39. The number of aromatic nitrogens is 10. The summed E-state index contributed by atoms with van der Waals surface area (Å²) >= 11 is 6.08. The lowest BCUT2D eigenvalue weighted by Crippen LogP contribution is -2.33. The number of nitrogens with zero attached hydrogens (tertiary/aromatic N) is 9. The fourth-order valence-electron chi connectivity index (χ4n) is 4.24. The van der Waals surface area contributed by atoms with E-state index in [4.69, 9.17) is 11.6 Å². The Morgan fingerprint density at radius 2 is 1.95 bits per heavy atom. The predicted molar refractivity (Wildman–Crippen MR) is 124 cm³/mol. The summed E-state index contributed by atoms with van der Waals surface area (Å²) in [6.45, 7) is -2.82. The van der Waals surface area contributed by atoms with Gasteiger partial charge in [0.15, 0.2) is 11.0 Å². The molecule has 0 unspecified atom stereocenters. The van der Waals surface area contributed by atoms with E-state index in [1.165, 1.54) is 23.3 Å². The van der Waals surface area contributed by atoms with Gasteiger partial charge in [-0.2, -0.15) is 19.0 Å². The molecule has 0 saturated heterocycles. The molecule has 1 aliphatic carbocycles. The number of nitrogens with one attached hydrogen (secondary N) is 1. The van der Waals surface area contributed by atoms with Crippen molar-refractivity contribution in [3.63, 3.8) is 0 Å². The van der Waals surface area contributed by atoms with Crippen molar-refractivity contribution >= 4 is 11.6 Å². The lowest BCUT2D eigenvalue weighted by molar-refractivity contribution is -0.659. The summed E-state index contributed by atoms with van der Waals surface area (Å²) in [5.41, 5.74) is 2.86. The number of alkyl halides is 2. The van der Waals surface area contributed by atoms with E-state index < -0.39 is 12.4 Å². The van der Waals surface area contributed by atoms with Gasteiger partial charge >= 0.3 is 6.55 Å². The Labute approximate surface area is 212 Å². The molecule has 0 spiro atoms. The number of hydrogen-bond acceptors (Lipinski definition) is 6. The summed E-state index contributed by atoms with van der Waals surface area (Å²) in [6, 6.07) is 6.54. The van der Waals surface area contributed by atoms with Gasteiger partial charge in [0.2, 0.25) is 0 Å². The minimum absolute atomic E-state index is 0.0182. The van der Waals surface area contributed by atoms with E-state index in [0.29, 0.717) is 33.2 Å². The lowest BCUT2D eigenvalue weighted by Gasteiger charge is -2.18. The second-order valence-corrected chi connectivity index (χ2v) is 9.17. The number of H-pyrrole nitrogens is 1. The Balaban J connectivity index is 1.34. The molecule has 0 amide bonds. The first-order valence-electron chi connectivity index (χ1n) is 11.4. The minimum atomic E-state index is -2.82. The predicted octanol–water partition coefficient (Wildman–Crippen LogP) is 4.18. The first kappa shape index (κ1) is 23.3. The number of benzene rings is 1. The Morgan fingerprint density at radius 1 is 1.08 bits per heavy atom. The number of aromatic amines is 1. The molecule has 5 aromatic rings. The monoisotopic (exact) mass is 527 g/mol. The van der Waals surface area contributed by atoms with Crippen molar-refractivity contribution in [3.05, 3.63) is 71.9 Å². The highest BCUT2D eigenvalue weighted by Gasteiger charge is 2.29. The summed E-state index contributed by atoms with van der Waals surface area (Å²) in [5, 5.41) is 22.0. The van der Waals surface area contributed by atoms with E-state index in [9.17, 15) is 8.78 Å². The number of rotatable bonds is 8. The Kier molecular flexibility index (Phi) is 5.91. The molecule has 1 fully saturated rings. The van der Waals surface area contributed by atoms with Gasteiger partial charge in [-0.1, -0.05) is 35.7 Å². The highest BCUT2D eigenvalue weighted by molar-refractivity contribution is 6.31. The van der Waals surface area contributed by atoms with Gasteiger partial charge in [-0.05, 0) is 30.5 Å². The zero-order valence-electron chi connectivity index (χ0n) is 19.1. The largest absolute Gasteiger partial charge is 0.348 e. The minimum Gasteiger partial charge on any atom is -0.263 e. The van der Waals surface area contributed by atoms with Gasteiger partial charge in [-0.3, -0.25) is 9.67 Å². The molecule has 188 valence electrons. The summed E-state index contributed by atoms with van der Waals surface area (Å²) in [7, 11) is 0. The molecule has 0 aliphatic heterocycles. The molecule has 0 radical (unpaired) electrons. The Bertz CT molecular complexity index is 1530. The van der Waals surface area contributed by atoms with Crippen LogP contribution in [0.1, 0.15) is 37.5 Å². The maximum Gasteiger partial charge on any atom is 0.348 e. The Morgan fingerprint density at radius 3 is 2.62 bits per heavy atom. The molecule has 14 heteroatoms. The third-order valence-electron chi connectivity index (χ3n) is 6.28. The summed E-state index contributed by atoms with van der Waals surface area (Å²) in [4.78, 5) is 5.02.